The zero-order valence-corrected chi connectivity index (χ0v) is 12.0. The second-order valence-electron chi connectivity index (χ2n) is 4.29. The van der Waals surface area contributed by atoms with Crippen molar-refractivity contribution in [2.75, 3.05) is 19.6 Å². The monoisotopic (exact) mass is 270 g/mol. The summed E-state index contributed by atoms with van der Waals surface area (Å²) in [6.45, 7) is 5.82. The molecule has 1 amide bonds. The summed E-state index contributed by atoms with van der Waals surface area (Å²) in [5.74, 6) is 0.0802. The number of benzene rings is 1. The number of likely N-dealkylation sites (N-methyl/N-ethyl adjacent to an activating group) is 1. The first-order chi connectivity index (χ1) is 8.19. The van der Waals surface area contributed by atoms with E-state index in [0.717, 1.165) is 19.5 Å². The highest BCUT2D eigenvalue weighted by Gasteiger charge is 2.17. The van der Waals surface area contributed by atoms with E-state index in [-0.39, 0.29) is 24.2 Å². The van der Waals surface area contributed by atoms with Crippen LogP contribution in [0.2, 0.25) is 0 Å². The SMILES string of the molecule is CCN(CCc1ccccc1)C(=O)C(C)CN.Cl. The number of hydrogen-bond acceptors (Lipinski definition) is 2. The van der Waals surface area contributed by atoms with Gasteiger partial charge in [-0.05, 0) is 18.9 Å². The standard InChI is InChI=1S/C14H22N2O.ClH/c1-3-16(14(17)12(2)11-15)10-9-13-7-5-4-6-8-13;/h4-8,12H,3,9-11,15H2,1-2H3;1H. The number of rotatable bonds is 6. The van der Waals surface area contributed by atoms with E-state index in [0.29, 0.717) is 6.54 Å². The maximum atomic E-state index is 12.0. The minimum absolute atomic E-state index is 0. The summed E-state index contributed by atoms with van der Waals surface area (Å²) >= 11 is 0. The van der Waals surface area contributed by atoms with Crippen molar-refractivity contribution in [2.45, 2.75) is 20.3 Å². The Morgan fingerprint density at radius 3 is 2.44 bits per heavy atom. The summed E-state index contributed by atoms with van der Waals surface area (Å²) in [6.07, 6.45) is 0.901. The summed E-state index contributed by atoms with van der Waals surface area (Å²) in [7, 11) is 0. The molecular weight excluding hydrogens is 248 g/mol. The molecule has 102 valence electrons. The first-order valence-corrected chi connectivity index (χ1v) is 6.21. The van der Waals surface area contributed by atoms with Crippen molar-refractivity contribution in [1.29, 1.82) is 0 Å². The van der Waals surface area contributed by atoms with E-state index in [9.17, 15) is 4.79 Å². The fraction of sp³-hybridized carbons (Fsp3) is 0.500. The van der Waals surface area contributed by atoms with E-state index in [1.165, 1.54) is 5.56 Å². The quantitative estimate of drug-likeness (QED) is 0.860. The van der Waals surface area contributed by atoms with Crippen LogP contribution in [0.5, 0.6) is 0 Å². The van der Waals surface area contributed by atoms with Crippen molar-refractivity contribution < 1.29 is 4.79 Å². The highest BCUT2D eigenvalue weighted by atomic mass is 35.5. The predicted molar refractivity (Wildman–Crippen MR) is 77.9 cm³/mol. The van der Waals surface area contributed by atoms with Crippen LogP contribution < -0.4 is 5.73 Å². The fourth-order valence-corrected chi connectivity index (χ4v) is 1.75. The van der Waals surface area contributed by atoms with Crippen molar-refractivity contribution in [3.63, 3.8) is 0 Å². The lowest BCUT2D eigenvalue weighted by atomic mass is 10.1. The Hall–Kier alpha value is -1.06. The van der Waals surface area contributed by atoms with Gasteiger partial charge in [0.15, 0.2) is 0 Å². The lowest BCUT2D eigenvalue weighted by Crippen LogP contribution is -2.39. The molecule has 0 spiro atoms. The molecule has 4 heteroatoms. The summed E-state index contributed by atoms with van der Waals surface area (Å²) < 4.78 is 0. The van der Waals surface area contributed by atoms with Gasteiger partial charge in [-0.3, -0.25) is 4.79 Å². The minimum Gasteiger partial charge on any atom is -0.342 e. The fourth-order valence-electron chi connectivity index (χ4n) is 1.75. The van der Waals surface area contributed by atoms with Gasteiger partial charge in [0.25, 0.3) is 0 Å². The Morgan fingerprint density at radius 1 is 1.33 bits per heavy atom. The average molecular weight is 271 g/mol. The Balaban J connectivity index is 0.00000289. The molecule has 0 heterocycles. The number of hydrogen-bond donors (Lipinski definition) is 1. The van der Waals surface area contributed by atoms with Crippen LogP contribution in [0, 0.1) is 5.92 Å². The molecule has 0 aliphatic rings. The predicted octanol–water partition coefficient (Wildman–Crippen LogP) is 2.09. The molecule has 0 aliphatic carbocycles. The largest absolute Gasteiger partial charge is 0.342 e. The number of halogens is 1. The summed E-state index contributed by atoms with van der Waals surface area (Å²) in [4.78, 5) is 13.9. The van der Waals surface area contributed by atoms with Gasteiger partial charge in [0.1, 0.15) is 0 Å². The number of nitrogens with zero attached hydrogens (tertiary/aromatic N) is 1. The highest BCUT2D eigenvalue weighted by molar-refractivity contribution is 5.85. The van der Waals surface area contributed by atoms with E-state index < -0.39 is 0 Å². The van der Waals surface area contributed by atoms with Gasteiger partial charge in [-0.1, -0.05) is 37.3 Å². The van der Waals surface area contributed by atoms with Crippen LogP contribution in [0.25, 0.3) is 0 Å². The second-order valence-corrected chi connectivity index (χ2v) is 4.29. The number of carbonyl (C=O) groups excluding carboxylic acids is 1. The summed E-state index contributed by atoms with van der Waals surface area (Å²) in [5, 5.41) is 0. The molecule has 0 saturated carbocycles. The molecule has 2 N–H and O–H groups in total. The third kappa shape index (κ3) is 5.07. The maximum absolute atomic E-state index is 12.0. The molecule has 1 atom stereocenters. The number of amides is 1. The van der Waals surface area contributed by atoms with Gasteiger partial charge in [0.05, 0.1) is 0 Å². The van der Waals surface area contributed by atoms with Gasteiger partial charge in [-0.15, -0.1) is 12.4 Å². The summed E-state index contributed by atoms with van der Waals surface area (Å²) in [5.41, 5.74) is 6.79. The lowest BCUT2D eigenvalue weighted by Gasteiger charge is -2.23. The molecule has 0 radical (unpaired) electrons. The Bertz CT molecular complexity index is 343. The molecule has 0 fully saturated rings. The van der Waals surface area contributed by atoms with Crippen LogP contribution in [-0.4, -0.2) is 30.4 Å². The molecule has 1 aromatic rings. The molecule has 0 aliphatic heterocycles. The smallest absolute Gasteiger partial charge is 0.226 e. The first-order valence-electron chi connectivity index (χ1n) is 6.21. The molecule has 0 saturated heterocycles. The lowest BCUT2D eigenvalue weighted by molar-refractivity contribution is -0.134. The van der Waals surface area contributed by atoms with E-state index in [1.807, 2.05) is 36.9 Å². The van der Waals surface area contributed by atoms with Crippen molar-refractivity contribution in [3.8, 4) is 0 Å². The molecule has 1 aromatic carbocycles. The van der Waals surface area contributed by atoms with Crippen molar-refractivity contribution in [3.05, 3.63) is 35.9 Å². The zero-order valence-electron chi connectivity index (χ0n) is 11.1. The van der Waals surface area contributed by atoms with Gasteiger partial charge in [-0.2, -0.15) is 0 Å². The van der Waals surface area contributed by atoms with Crippen molar-refractivity contribution in [1.82, 2.24) is 4.90 Å². The second kappa shape index (κ2) is 8.95. The van der Waals surface area contributed by atoms with E-state index in [1.54, 1.807) is 0 Å². The number of nitrogens with two attached hydrogens (primary N) is 1. The van der Waals surface area contributed by atoms with Gasteiger partial charge < -0.3 is 10.6 Å². The highest BCUT2D eigenvalue weighted by Crippen LogP contribution is 2.05. The van der Waals surface area contributed by atoms with Gasteiger partial charge in [0, 0.05) is 25.6 Å². The van der Waals surface area contributed by atoms with Crippen LogP contribution in [0.3, 0.4) is 0 Å². The van der Waals surface area contributed by atoms with Crippen LogP contribution in [0.1, 0.15) is 19.4 Å². The maximum Gasteiger partial charge on any atom is 0.226 e. The molecule has 18 heavy (non-hydrogen) atoms. The van der Waals surface area contributed by atoms with Gasteiger partial charge >= 0.3 is 0 Å². The molecule has 3 nitrogen and oxygen atoms in total. The first kappa shape index (κ1) is 16.9. The Kier molecular flexibility index (Phi) is 8.42. The molecule has 1 rings (SSSR count). The van der Waals surface area contributed by atoms with Crippen LogP contribution in [0.4, 0.5) is 0 Å². The summed E-state index contributed by atoms with van der Waals surface area (Å²) in [6, 6.07) is 10.2. The third-order valence-electron chi connectivity index (χ3n) is 2.98. The van der Waals surface area contributed by atoms with Crippen LogP contribution in [-0.2, 0) is 11.2 Å². The third-order valence-corrected chi connectivity index (χ3v) is 2.98. The molecule has 1 unspecified atom stereocenters. The number of carbonyl (C=O) groups is 1. The van der Waals surface area contributed by atoms with Crippen molar-refractivity contribution in [2.24, 2.45) is 11.7 Å². The van der Waals surface area contributed by atoms with E-state index in [2.05, 4.69) is 12.1 Å². The normalized spacial score (nSPS) is 11.5. The Labute approximate surface area is 116 Å². The van der Waals surface area contributed by atoms with Crippen molar-refractivity contribution >= 4 is 18.3 Å². The van der Waals surface area contributed by atoms with Crippen LogP contribution >= 0.6 is 12.4 Å². The van der Waals surface area contributed by atoms with E-state index >= 15 is 0 Å². The molecule has 0 aromatic heterocycles. The zero-order chi connectivity index (χ0) is 12.7. The minimum atomic E-state index is -0.0780. The van der Waals surface area contributed by atoms with E-state index in [4.69, 9.17) is 5.73 Å². The molecular formula is C14H23ClN2O. The van der Waals surface area contributed by atoms with Gasteiger partial charge in [0.2, 0.25) is 5.91 Å². The van der Waals surface area contributed by atoms with Gasteiger partial charge in [-0.25, -0.2) is 0 Å². The van der Waals surface area contributed by atoms with Crippen LogP contribution in [0.15, 0.2) is 30.3 Å². The molecule has 0 bridgehead atoms. The Morgan fingerprint density at radius 2 is 1.94 bits per heavy atom. The topological polar surface area (TPSA) is 46.3 Å². The average Bonchev–Trinajstić information content (AvgIpc) is 2.39.